The number of primary amides is 1. The van der Waals surface area contributed by atoms with Gasteiger partial charge in [0.15, 0.2) is 11.2 Å². The van der Waals surface area contributed by atoms with E-state index in [0.717, 1.165) is 19.3 Å². The van der Waals surface area contributed by atoms with Crippen molar-refractivity contribution in [3.63, 3.8) is 0 Å². The van der Waals surface area contributed by atoms with Gasteiger partial charge in [0.25, 0.3) is 0 Å². The highest BCUT2D eigenvalue weighted by molar-refractivity contribution is 5.71. The fourth-order valence-electron chi connectivity index (χ4n) is 2.16. The number of nitrogens with zero attached hydrogens (tertiary/aromatic N) is 4. The number of carbonyl (C=O) groups is 1. The van der Waals surface area contributed by atoms with E-state index in [1.165, 1.54) is 12.5 Å². The molecule has 0 unspecified atom stereocenters. The third-order valence-corrected chi connectivity index (χ3v) is 3.28. The third kappa shape index (κ3) is 4.54. The third-order valence-electron chi connectivity index (χ3n) is 3.28. The Kier molecular flexibility index (Phi) is 6.29. The summed E-state index contributed by atoms with van der Waals surface area (Å²) in [4.78, 5) is 33.4. The summed E-state index contributed by atoms with van der Waals surface area (Å²) in [5.41, 5.74) is 8.12. The first-order chi connectivity index (χ1) is 11.6. The van der Waals surface area contributed by atoms with Gasteiger partial charge in [-0.1, -0.05) is 19.8 Å². The van der Waals surface area contributed by atoms with Crippen LogP contribution in [0.15, 0.2) is 16.2 Å². The predicted octanol–water partition coefficient (Wildman–Crippen LogP) is 1.19. The fourth-order valence-corrected chi connectivity index (χ4v) is 2.16. The summed E-state index contributed by atoms with van der Waals surface area (Å²) >= 11 is 0. The zero-order chi connectivity index (χ0) is 17.4. The van der Waals surface area contributed by atoms with Crippen molar-refractivity contribution in [2.45, 2.75) is 39.2 Å². The van der Waals surface area contributed by atoms with Gasteiger partial charge in [-0.2, -0.15) is 10.1 Å². The molecule has 10 heteroatoms. The van der Waals surface area contributed by atoms with E-state index in [9.17, 15) is 9.59 Å². The smallest absolute Gasteiger partial charge is 0.404 e. The summed E-state index contributed by atoms with van der Waals surface area (Å²) in [6.07, 6.45) is 5.63. The van der Waals surface area contributed by atoms with Crippen LogP contribution < -0.4 is 16.7 Å². The number of amides is 1. The summed E-state index contributed by atoms with van der Waals surface area (Å²) < 4.78 is 6.40. The molecule has 1 amide bonds. The molecule has 0 fully saturated rings. The average molecular weight is 335 g/mol. The molecule has 0 atom stereocenters. The molecule has 10 nitrogen and oxygen atoms in total. The zero-order valence-electron chi connectivity index (χ0n) is 13.5. The van der Waals surface area contributed by atoms with E-state index in [1.807, 2.05) is 4.57 Å². The molecule has 0 aliphatic heterocycles. The normalized spacial score (nSPS) is 11.2. The zero-order valence-corrected chi connectivity index (χ0v) is 13.5. The van der Waals surface area contributed by atoms with Crippen LogP contribution in [0.4, 0.5) is 10.7 Å². The molecule has 0 radical (unpaired) electrons. The molecule has 0 saturated heterocycles. The van der Waals surface area contributed by atoms with Crippen LogP contribution in [0.3, 0.4) is 0 Å². The summed E-state index contributed by atoms with van der Waals surface area (Å²) in [7, 11) is 0. The lowest BCUT2D eigenvalue weighted by Crippen LogP contribution is -2.18. The van der Waals surface area contributed by atoms with Gasteiger partial charge in [-0.3, -0.25) is 9.36 Å². The summed E-state index contributed by atoms with van der Waals surface area (Å²) in [6.45, 7) is 2.92. The molecule has 4 N–H and O–H groups in total. The maximum Gasteiger partial charge on any atom is 0.404 e. The second-order valence-electron chi connectivity index (χ2n) is 5.08. The van der Waals surface area contributed by atoms with Crippen molar-refractivity contribution in [3.05, 3.63) is 16.7 Å². The first-order valence-corrected chi connectivity index (χ1v) is 7.77. The number of aromatic nitrogens is 4. The van der Waals surface area contributed by atoms with Crippen molar-refractivity contribution in [2.24, 2.45) is 10.8 Å². The first kappa shape index (κ1) is 17.4. The van der Waals surface area contributed by atoms with Crippen molar-refractivity contribution in [1.82, 2.24) is 19.5 Å². The Bertz CT molecular complexity index is 765. The Morgan fingerprint density at radius 1 is 1.54 bits per heavy atom. The standard InChI is InChI=1S/C14H21N7O3/c1-2-3-4-7-21-11-10(16-9-17-11)12(22)19-14(21)20-18-6-5-8-24-13(15)23/h6,9H,2-5,7-8H2,1H3,(H2,15,23)(H,16,17)(H,19,20,22)/b18-6-. The number of hydrogen-bond donors (Lipinski definition) is 3. The number of imidazole rings is 1. The first-order valence-electron chi connectivity index (χ1n) is 7.77. The molecular formula is C14H21N7O3. The van der Waals surface area contributed by atoms with E-state index in [1.54, 1.807) is 0 Å². The van der Waals surface area contributed by atoms with Gasteiger partial charge in [0, 0.05) is 19.2 Å². The van der Waals surface area contributed by atoms with Gasteiger partial charge < -0.3 is 15.5 Å². The lowest BCUT2D eigenvalue weighted by atomic mass is 10.2. The van der Waals surface area contributed by atoms with E-state index in [-0.39, 0.29) is 6.61 Å². The molecule has 2 rings (SSSR count). The lowest BCUT2D eigenvalue weighted by molar-refractivity contribution is 0.160. The van der Waals surface area contributed by atoms with Gasteiger partial charge in [0.1, 0.15) is 0 Å². The van der Waals surface area contributed by atoms with Crippen molar-refractivity contribution in [3.8, 4) is 0 Å². The number of H-pyrrole nitrogens is 1. The Labute approximate surface area is 138 Å². The summed E-state index contributed by atoms with van der Waals surface area (Å²) in [6, 6.07) is 0. The van der Waals surface area contributed by atoms with Crippen molar-refractivity contribution in [2.75, 3.05) is 12.0 Å². The van der Waals surface area contributed by atoms with Crippen LogP contribution in [0.2, 0.25) is 0 Å². The molecule has 0 aliphatic carbocycles. The van der Waals surface area contributed by atoms with E-state index in [0.29, 0.717) is 30.1 Å². The predicted molar refractivity (Wildman–Crippen MR) is 89.9 cm³/mol. The van der Waals surface area contributed by atoms with Crippen LogP contribution in [-0.2, 0) is 11.3 Å². The van der Waals surface area contributed by atoms with E-state index in [2.05, 4.69) is 37.1 Å². The minimum atomic E-state index is -0.827. The minimum Gasteiger partial charge on any atom is -0.449 e. The number of hydrogen-bond acceptors (Lipinski definition) is 7. The Morgan fingerprint density at radius 2 is 2.38 bits per heavy atom. The monoisotopic (exact) mass is 335 g/mol. The van der Waals surface area contributed by atoms with Crippen molar-refractivity contribution >= 4 is 29.4 Å². The SMILES string of the molecule is CCCCCn1c(N/N=C\CCOC(N)=O)nc(=O)c2[nH]cnc21. The van der Waals surface area contributed by atoms with Gasteiger partial charge in [-0.25, -0.2) is 15.2 Å². The highest BCUT2D eigenvalue weighted by Crippen LogP contribution is 2.13. The second-order valence-corrected chi connectivity index (χ2v) is 5.08. The summed E-state index contributed by atoms with van der Waals surface area (Å²) in [5.74, 6) is 0.322. The van der Waals surface area contributed by atoms with Crippen LogP contribution in [-0.4, -0.2) is 38.4 Å². The Balaban J connectivity index is 2.12. The summed E-state index contributed by atoms with van der Waals surface area (Å²) in [5, 5.41) is 3.99. The minimum absolute atomic E-state index is 0.135. The number of anilines is 1. The molecule has 130 valence electrons. The average Bonchev–Trinajstić information content (AvgIpc) is 3.03. The molecular weight excluding hydrogens is 314 g/mol. The van der Waals surface area contributed by atoms with Crippen LogP contribution in [0.1, 0.15) is 32.6 Å². The van der Waals surface area contributed by atoms with E-state index >= 15 is 0 Å². The van der Waals surface area contributed by atoms with Gasteiger partial charge in [-0.15, -0.1) is 0 Å². The van der Waals surface area contributed by atoms with E-state index < -0.39 is 11.7 Å². The number of nitrogens with two attached hydrogens (primary N) is 1. The maximum absolute atomic E-state index is 12.0. The van der Waals surface area contributed by atoms with Crippen LogP contribution in [0, 0.1) is 0 Å². The number of carbonyl (C=O) groups excluding carboxylic acids is 1. The Morgan fingerprint density at radius 3 is 3.12 bits per heavy atom. The number of aryl methyl sites for hydroxylation is 1. The van der Waals surface area contributed by atoms with Crippen LogP contribution in [0.5, 0.6) is 0 Å². The second kappa shape index (κ2) is 8.65. The van der Waals surface area contributed by atoms with Gasteiger partial charge >= 0.3 is 11.7 Å². The van der Waals surface area contributed by atoms with Crippen LogP contribution >= 0.6 is 0 Å². The lowest BCUT2D eigenvalue weighted by Gasteiger charge is -2.12. The van der Waals surface area contributed by atoms with Crippen LogP contribution in [0.25, 0.3) is 11.2 Å². The molecule has 0 saturated carbocycles. The largest absolute Gasteiger partial charge is 0.449 e. The number of ether oxygens (including phenoxy) is 1. The molecule has 0 spiro atoms. The highest BCUT2D eigenvalue weighted by Gasteiger charge is 2.12. The van der Waals surface area contributed by atoms with Crippen molar-refractivity contribution in [1.29, 1.82) is 0 Å². The number of unbranched alkanes of at least 4 members (excludes halogenated alkanes) is 2. The molecule has 24 heavy (non-hydrogen) atoms. The number of fused-ring (bicyclic) bond motifs is 1. The molecule has 0 aromatic carbocycles. The number of hydrazone groups is 1. The van der Waals surface area contributed by atoms with Gasteiger partial charge in [0.2, 0.25) is 5.95 Å². The van der Waals surface area contributed by atoms with Gasteiger partial charge in [-0.05, 0) is 6.42 Å². The maximum atomic E-state index is 12.0. The topological polar surface area (TPSA) is 140 Å². The Hall–Kier alpha value is -2.91. The number of aromatic amines is 1. The molecule has 0 aliphatic rings. The fraction of sp³-hybridized carbons (Fsp3) is 0.500. The highest BCUT2D eigenvalue weighted by atomic mass is 16.5. The van der Waals surface area contributed by atoms with Crippen molar-refractivity contribution < 1.29 is 9.53 Å². The molecule has 0 bridgehead atoms. The van der Waals surface area contributed by atoms with E-state index in [4.69, 9.17) is 5.73 Å². The molecule has 2 aromatic heterocycles. The number of nitrogens with one attached hydrogen (secondary N) is 2. The quantitative estimate of drug-likeness (QED) is 0.357. The molecule has 2 aromatic rings. The van der Waals surface area contributed by atoms with Gasteiger partial charge in [0.05, 0.1) is 12.9 Å². The number of rotatable bonds is 9. The molecule has 2 heterocycles.